The number of benzene rings is 1. The van der Waals surface area contributed by atoms with Crippen LogP contribution in [0.1, 0.15) is 25.1 Å². The molecule has 0 spiro atoms. The number of pyridine rings is 1. The van der Waals surface area contributed by atoms with Crippen molar-refractivity contribution in [2.75, 3.05) is 38.7 Å². The van der Waals surface area contributed by atoms with Gasteiger partial charge in [0.2, 0.25) is 5.91 Å². The van der Waals surface area contributed by atoms with Crippen molar-refractivity contribution in [1.29, 1.82) is 0 Å². The lowest BCUT2D eigenvalue weighted by Gasteiger charge is -2.42. The highest BCUT2D eigenvalue weighted by molar-refractivity contribution is 5.78. The van der Waals surface area contributed by atoms with Crippen LogP contribution in [0.4, 0.5) is 15.8 Å². The fraction of sp³-hybridized carbons (Fsp3) is 0.478. The number of halogens is 1. The number of aromatic nitrogens is 1. The van der Waals surface area contributed by atoms with Crippen molar-refractivity contribution in [2.45, 2.75) is 33.4 Å². The number of methoxy groups -OCH3 is 1. The van der Waals surface area contributed by atoms with E-state index in [1.54, 1.807) is 13.3 Å². The summed E-state index contributed by atoms with van der Waals surface area (Å²) < 4.78 is 19.7. The van der Waals surface area contributed by atoms with Crippen LogP contribution < -0.4 is 5.32 Å². The number of aryl methyl sites for hydroxylation is 1. The minimum atomic E-state index is -0.302. The summed E-state index contributed by atoms with van der Waals surface area (Å²) in [6.45, 7) is 9.14. The van der Waals surface area contributed by atoms with Gasteiger partial charge < -0.3 is 15.0 Å². The molecule has 1 amide bonds. The SMILES string of the molecule is COC[C@@H]1CN(Cc2ccc(F)c(Nc3ccc(C)nc3)c2)CCN1C(=O)C(C)C. The smallest absolute Gasteiger partial charge is 0.225 e. The number of amides is 1. The Hall–Kier alpha value is -2.51. The minimum Gasteiger partial charge on any atom is -0.382 e. The van der Waals surface area contributed by atoms with Gasteiger partial charge >= 0.3 is 0 Å². The Morgan fingerprint density at radius 1 is 1.30 bits per heavy atom. The van der Waals surface area contributed by atoms with Gasteiger partial charge in [-0.05, 0) is 36.8 Å². The molecule has 1 aromatic heterocycles. The van der Waals surface area contributed by atoms with Crippen LogP contribution in [0.3, 0.4) is 0 Å². The lowest BCUT2D eigenvalue weighted by molar-refractivity contribution is -0.141. The molecule has 1 atom stereocenters. The minimum absolute atomic E-state index is 0.0235. The van der Waals surface area contributed by atoms with Crippen molar-refractivity contribution < 1.29 is 13.9 Å². The molecule has 1 N–H and O–H groups in total. The van der Waals surface area contributed by atoms with Gasteiger partial charge in [-0.25, -0.2) is 4.39 Å². The molecule has 1 aliphatic rings. The second-order valence-corrected chi connectivity index (χ2v) is 8.16. The maximum Gasteiger partial charge on any atom is 0.225 e. The van der Waals surface area contributed by atoms with Gasteiger partial charge in [-0.3, -0.25) is 14.7 Å². The third-order valence-electron chi connectivity index (χ3n) is 5.33. The average molecular weight is 415 g/mol. The predicted molar refractivity (Wildman–Crippen MR) is 116 cm³/mol. The average Bonchev–Trinajstić information content (AvgIpc) is 2.72. The maximum atomic E-state index is 14.3. The first kappa shape index (κ1) is 22.2. The van der Waals surface area contributed by atoms with Gasteiger partial charge in [0.15, 0.2) is 0 Å². The molecule has 1 fully saturated rings. The molecule has 6 nitrogen and oxygen atoms in total. The molecule has 1 saturated heterocycles. The lowest BCUT2D eigenvalue weighted by Crippen LogP contribution is -2.57. The third-order valence-corrected chi connectivity index (χ3v) is 5.33. The summed E-state index contributed by atoms with van der Waals surface area (Å²) in [4.78, 5) is 21.0. The van der Waals surface area contributed by atoms with Gasteiger partial charge in [0, 0.05) is 44.9 Å². The van der Waals surface area contributed by atoms with Gasteiger partial charge in [-0.15, -0.1) is 0 Å². The van der Waals surface area contributed by atoms with Gasteiger partial charge in [-0.2, -0.15) is 0 Å². The Kier molecular flexibility index (Phi) is 7.39. The zero-order valence-electron chi connectivity index (χ0n) is 18.2. The summed E-state index contributed by atoms with van der Waals surface area (Å²) in [5.41, 5.74) is 3.10. The topological polar surface area (TPSA) is 57.7 Å². The number of nitrogens with one attached hydrogen (secondary N) is 1. The van der Waals surface area contributed by atoms with E-state index in [4.69, 9.17) is 4.74 Å². The highest BCUT2D eigenvalue weighted by Crippen LogP contribution is 2.23. The van der Waals surface area contributed by atoms with E-state index >= 15 is 0 Å². The Morgan fingerprint density at radius 2 is 2.10 bits per heavy atom. The largest absolute Gasteiger partial charge is 0.382 e. The van der Waals surface area contributed by atoms with Crippen molar-refractivity contribution in [3.8, 4) is 0 Å². The van der Waals surface area contributed by atoms with Crippen molar-refractivity contribution in [3.63, 3.8) is 0 Å². The van der Waals surface area contributed by atoms with E-state index in [2.05, 4.69) is 15.2 Å². The van der Waals surface area contributed by atoms with Gasteiger partial charge in [0.25, 0.3) is 0 Å². The number of carbonyl (C=O) groups is 1. The summed E-state index contributed by atoms with van der Waals surface area (Å²) in [5.74, 6) is -0.168. The Morgan fingerprint density at radius 3 is 2.77 bits per heavy atom. The summed E-state index contributed by atoms with van der Waals surface area (Å²) >= 11 is 0. The van der Waals surface area contributed by atoms with Crippen LogP contribution in [-0.2, 0) is 16.1 Å². The number of rotatable bonds is 7. The number of hydrogen-bond donors (Lipinski definition) is 1. The predicted octanol–water partition coefficient (Wildman–Crippen LogP) is 3.59. The highest BCUT2D eigenvalue weighted by atomic mass is 19.1. The maximum absolute atomic E-state index is 14.3. The zero-order chi connectivity index (χ0) is 21.7. The van der Waals surface area contributed by atoms with Gasteiger partial charge in [0.05, 0.1) is 30.2 Å². The van der Waals surface area contributed by atoms with Crippen LogP contribution in [0.25, 0.3) is 0 Å². The first-order valence-corrected chi connectivity index (χ1v) is 10.4. The van der Waals surface area contributed by atoms with Crippen molar-refractivity contribution in [1.82, 2.24) is 14.8 Å². The van der Waals surface area contributed by atoms with Crippen LogP contribution in [0.2, 0.25) is 0 Å². The van der Waals surface area contributed by atoms with Gasteiger partial charge in [0.1, 0.15) is 5.82 Å². The number of ether oxygens (including phenoxy) is 1. The lowest BCUT2D eigenvalue weighted by atomic mass is 10.1. The van der Waals surface area contributed by atoms with Crippen molar-refractivity contribution >= 4 is 17.3 Å². The molecule has 1 aliphatic heterocycles. The molecule has 0 saturated carbocycles. The van der Waals surface area contributed by atoms with Gasteiger partial charge in [-0.1, -0.05) is 19.9 Å². The molecule has 162 valence electrons. The molecule has 0 aliphatic carbocycles. The molecule has 2 aromatic rings. The second-order valence-electron chi connectivity index (χ2n) is 8.16. The number of carbonyl (C=O) groups excluding carboxylic acids is 1. The van der Waals surface area contributed by atoms with E-state index < -0.39 is 0 Å². The molecule has 1 aromatic carbocycles. The van der Waals surface area contributed by atoms with E-state index in [1.165, 1.54) is 6.07 Å². The van der Waals surface area contributed by atoms with E-state index in [1.807, 2.05) is 49.9 Å². The Bertz CT molecular complexity index is 857. The Balaban J connectivity index is 1.68. The quantitative estimate of drug-likeness (QED) is 0.750. The van der Waals surface area contributed by atoms with E-state index in [0.29, 0.717) is 25.4 Å². The summed E-state index contributed by atoms with van der Waals surface area (Å²) in [5, 5.41) is 3.11. The van der Waals surface area contributed by atoms with Crippen LogP contribution in [-0.4, -0.2) is 60.1 Å². The van der Waals surface area contributed by atoms with E-state index in [0.717, 1.165) is 30.0 Å². The molecular formula is C23H31FN4O2. The van der Waals surface area contributed by atoms with Crippen LogP contribution in [0.5, 0.6) is 0 Å². The van der Waals surface area contributed by atoms with Crippen LogP contribution in [0, 0.1) is 18.7 Å². The molecule has 3 rings (SSSR count). The molecule has 2 heterocycles. The number of piperazine rings is 1. The van der Waals surface area contributed by atoms with Crippen molar-refractivity contribution in [3.05, 3.63) is 53.6 Å². The Labute approximate surface area is 178 Å². The molecule has 0 radical (unpaired) electrons. The van der Waals surface area contributed by atoms with Crippen LogP contribution >= 0.6 is 0 Å². The highest BCUT2D eigenvalue weighted by Gasteiger charge is 2.31. The fourth-order valence-corrected chi connectivity index (χ4v) is 3.74. The monoisotopic (exact) mass is 414 g/mol. The first-order chi connectivity index (χ1) is 14.4. The fourth-order valence-electron chi connectivity index (χ4n) is 3.74. The summed E-state index contributed by atoms with van der Waals surface area (Å²) in [6.07, 6.45) is 1.70. The summed E-state index contributed by atoms with van der Waals surface area (Å²) in [6, 6.07) is 8.93. The van der Waals surface area contributed by atoms with Crippen LogP contribution in [0.15, 0.2) is 36.5 Å². The number of nitrogens with zero attached hydrogens (tertiary/aromatic N) is 3. The van der Waals surface area contributed by atoms with E-state index in [-0.39, 0.29) is 23.7 Å². The zero-order valence-corrected chi connectivity index (χ0v) is 18.2. The number of hydrogen-bond acceptors (Lipinski definition) is 5. The second kappa shape index (κ2) is 10.00. The summed E-state index contributed by atoms with van der Waals surface area (Å²) in [7, 11) is 1.66. The third kappa shape index (κ3) is 5.55. The number of anilines is 2. The van der Waals surface area contributed by atoms with E-state index in [9.17, 15) is 9.18 Å². The molecule has 30 heavy (non-hydrogen) atoms. The van der Waals surface area contributed by atoms with Crippen molar-refractivity contribution in [2.24, 2.45) is 5.92 Å². The molecule has 0 unspecified atom stereocenters. The standard InChI is InChI=1S/C23H31FN4O2/c1-16(2)23(29)28-10-9-27(14-20(28)15-30-4)13-18-6-8-21(24)22(11-18)26-19-7-5-17(3)25-12-19/h5-8,11-12,16,20,26H,9-10,13-15H2,1-4H3/t20-/m0/s1. The molecule has 7 heteroatoms. The first-order valence-electron chi connectivity index (χ1n) is 10.4. The normalized spacial score (nSPS) is 17.4. The molecular weight excluding hydrogens is 383 g/mol. The molecule has 0 bridgehead atoms.